The van der Waals surface area contributed by atoms with Gasteiger partial charge in [0.05, 0.1) is 6.10 Å². The van der Waals surface area contributed by atoms with Crippen LogP contribution in [0.4, 0.5) is 0 Å². The van der Waals surface area contributed by atoms with Gasteiger partial charge >= 0.3 is 0 Å². The molecule has 0 amide bonds. The minimum Gasteiger partial charge on any atom is -0.377 e. The van der Waals surface area contributed by atoms with Crippen molar-refractivity contribution in [3.63, 3.8) is 0 Å². The fraction of sp³-hybridized carbons (Fsp3) is 0.667. The number of piperidine rings is 1. The van der Waals surface area contributed by atoms with Crippen LogP contribution in [0.1, 0.15) is 50.6 Å². The lowest BCUT2D eigenvalue weighted by molar-refractivity contribution is -0.000423. The van der Waals surface area contributed by atoms with E-state index >= 15 is 0 Å². The highest BCUT2D eigenvalue weighted by atomic mass is 16.5. The van der Waals surface area contributed by atoms with E-state index in [1.54, 1.807) is 0 Å². The number of benzene rings is 1. The number of nitrogens with zero attached hydrogens (tertiary/aromatic N) is 1. The van der Waals surface area contributed by atoms with Crippen LogP contribution in [0.3, 0.4) is 0 Å². The molecule has 1 fully saturated rings. The van der Waals surface area contributed by atoms with Gasteiger partial charge in [-0.3, -0.25) is 0 Å². The Balaban J connectivity index is 1.66. The molecule has 0 saturated carbocycles. The molecule has 1 aliphatic heterocycles. The van der Waals surface area contributed by atoms with E-state index in [2.05, 4.69) is 36.1 Å². The average Bonchev–Trinajstić information content (AvgIpc) is 2.54. The Kier molecular flexibility index (Phi) is 7.20. The fourth-order valence-corrected chi connectivity index (χ4v) is 3.04. The van der Waals surface area contributed by atoms with E-state index < -0.39 is 0 Å². The van der Waals surface area contributed by atoms with Crippen LogP contribution in [0.25, 0.3) is 0 Å². The van der Waals surface area contributed by atoms with Gasteiger partial charge in [-0.1, -0.05) is 37.3 Å². The standard InChI is InChI=1S/C18H30N2O/c1-2-14-21-17-10-6-12-20(15-17)13-7-11-18(19)16-8-4-3-5-9-16/h3-5,8-9,17-18H,2,6-7,10-15,19H2,1H3. The molecule has 3 nitrogen and oxygen atoms in total. The van der Waals surface area contributed by atoms with Gasteiger partial charge in [-0.25, -0.2) is 0 Å². The Morgan fingerprint density at radius 2 is 2.14 bits per heavy atom. The number of ether oxygens (including phenoxy) is 1. The number of nitrogens with two attached hydrogens (primary N) is 1. The first kappa shape index (κ1) is 16.5. The predicted molar refractivity (Wildman–Crippen MR) is 88.3 cm³/mol. The van der Waals surface area contributed by atoms with Crippen LogP contribution in [0.5, 0.6) is 0 Å². The molecule has 1 aromatic rings. The van der Waals surface area contributed by atoms with Crippen LogP contribution < -0.4 is 5.73 Å². The highest BCUT2D eigenvalue weighted by Crippen LogP contribution is 2.18. The van der Waals surface area contributed by atoms with Crippen LogP contribution in [0.15, 0.2) is 30.3 Å². The van der Waals surface area contributed by atoms with Crippen molar-refractivity contribution < 1.29 is 4.74 Å². The maximum atomic E-state index is 6.26. The Morgan fingerprint density at radius 1 is 1.33 bits per heavy atom. The SMILES string of the molecule is CCCOC1CCCN(CCCC(N)c2ccccc2)C1. The van der Waals surface area contributed by atoms with E-state index in [0.29, 0.717) is 6.10 Å². The summed E-state index contributed by atoms with van der Waals surface area (Å²) in [5.74, 6) is 0. The number of hydrogen-bond acceptors (Lipinski definition) is 3. The molecule has 0 aliphatic carbocycles. The van der Waals surface area contributed by atoms with Gasteiger partial charge in [0.2, 0.25) is 0 Å². The van der Waals surface area contributed by atoms with Crippen molar-refractivity contribution in [3.05, 3.63) is 35.9 Å². The van der Waals surface area contributed by atoms with Gasteiger partial charge in [0.25, 0.3) is 0 Å². The molecule has 2 unspecified atom stereocenters. The number of likely N-dealkylation sites (tertiary alicyclic amines) is 1. The summed E-state index contributed by atoms with van der Waals surface area (Å²) in [5.41, 5.74) is 7.51. The quantitative estimate of drug-likeness (QED) is 0.798. The molecule has 1 aromatic carbocycles. The van der Waals surface area contributed by atoms with Crippen molar-refractivity contribution in [2.24, 2.45) is 5.73 Å². The molecule has 118 valence electrons. The van der Waals surface area contributed by atoms with Crippen molar-refractivity contribution in [2.45, 2.75) is 51.2 Å². The number of rotatable bonds is 8. The van der Waals surface area contributed by atoms with Gasteiger partial charge in [-0.2, -0.15) is 0 Å². The molecule has 1 aliphatic rings. The summed E-state index contributed by atoms with van der Waals surface area (Å²) in [5, 5.41) is 0. The second-order valence-corrected chi connectivity index (χ2v) is 6.10. The fourth-order valence-electron chi connectivity index (χ4n) is 3.04. The smallest absolute Gasteiger partial charge is 0.0702 e. The van der Waals surface area contributed by atoms with E-state index in [4.69, 9.17) is 10.5 Å². The zero-order valence-electron chi connectivity index (χ0n) is 13.3. The van der Waals surface area contributed by atoms with Crippen LogP contribution >= 0.6 is 0 Å². The summed E-state index contributed by atoms with van der Waals surface area (Å²) in [6.45, 7) is 6.53. The van der Waals surface area contributed by atoms with E-state index in [-0.39, 0.29) is 6.04 Å². The molecule has 0 spiro atoms. The van der Waals surface area contributed by atoms with E-state index in [9.17, 15) is 0 Å². The maximum Gasteiger partial charge on any atom is 0.0702 e. The molecular formula is C18H30N2O. The summed E-state index contributed by atoms with van der Waals surface area (Å²) >= 11 is 0. The minimum atomic E-state index is 0.170. The van der Waals surface area contributed by atoms with Gasteiger partial charge in [0, 0.05) is 19.2 Å². The van der Waals surface area contributed by atoms with Gasteiger partial charge < -0.3 is 15.4 Å². The molecule has 0 aromatic heterocycles. The average molecular weight is 290 g/mol. The molecule has 21 heavy (non-hydrogen) atoms. The monoisotopic (exact) mass is 290 g/mol. The zero-order valence-corrected chi connectivity index (χ0v) is 13.3. The summed E-state index contributed by atoms with van der Waals surface area (Å²) in [6.07, 6.45) is 6.26. The largest absolute Gasteiger partial charge is 0.377 e. The molecule has 1 heterocycles. The van der Waals surface area contributed by atoms with Crippen LogP contribution in [0, 0.1) is 0 Å². The molecule has 2 rings (SSSR count). The molecule has 1 saturated heterocycles. The van der Waals surface area contributed by atoms with Crippen LogP contribution in [0.2, 0.25) is 0 Å². The predicted octanol–water partition coefficient (Wildman–Crippen LogP) is 3.36. The lowest BCUT2D eigenvalue weighted by atomic mass is 10.0. The summed E-state index contributed by atoms with van der Waals surface area (Å²) in [7, 11) is 0. The summed E-state index contributed by atoms with van der Waals surface area (Å²) in [4.78, 5) is 2.54. The van der Waals surface area contributed by atoms with Crippen molar-refractivity contribution >= 4 is 0 Å². The molecule has 2 N–H and O–H groups in total. The minimum absolute atomic E-state index is 0.170. The van der Waals surface area contributed by atoms with Crippen LogP contribution in [-0.2, 0) is 4.74 Å². The maximum absolute atomic E-state index is 6.26. The van der Waals surface area contributed by atoms with Crippen molar-refractivity contribution in [1.29, 1.82) is 0 Å². The first-order chi connectivity index (χ1) is 10.3. The van der Waals surface area contributed by atoms with Gasteiger partial charge in [-0.05, 0) is 50.8 Å². The molecule has 2 atom stereocenters. The Hall–Kier alpha value is -0.900. The highest BCUT2D eigenvalue weighted by Gasteiger charge is 2.19. The second kappa shape index (κ2) is 9.19. The third-order valence-electron chi connectivity index (χ3n) is 4.24. The molecular weight excluding hydrogens is 260 g/mol. The lowest BCUT2D eigenvalue weighted by Gasteiger charge is -2.32. The summed E-state index contributed by atoms with van der Waals surface area (Å²) < 4.78 is 5.89. The van der Waals surface area contributed by atoms with Gasteiger partial charge in [0.1, 0.15) is 0 Å². The molecule has 3 heteroatoms. The van der Waals surface area contributed by atoms with Crippen molar-refractivity contribution in [2.75, 3.05) is 26.2 Å². The number of hydrogen-bond donors (Lipinski definition) is 1. The first-order valence-electron chi connectivity index (χ1n) is 8.44. The first-order valence-corrected chi connectivity index (χ1v) is 8.44. The van der Waals surface area contributed by atoms with Gasteiger partial charge in [-0.15, -0.1) is 0 Å². The Bertz CT molecular complexity index is 382. The van der Waals surface area contributed by atoms with E-state index in [1.807, 2.05) is 6.07 Å². The Morgan fingerprint density at radius 3 is 2.90 bits per heavy atom. The van der Waals surface area contributed by atoms with Crippen molar-refractivity contribution in [3.8, 4) is 0 Å². The molecule has 0 radical (unpaired) electrons. The topological polar surface area (TPSA) is 38.5 Å². The van der Waals surface area contributed by atoms with E-state index in [1.165, 1.54) is 24.9 Å². The zero-order chi connectivity index (χ0) is 14.9. The van der Waals surface area contributed by atoms with Gasteiger partial charge in [0.15, 0.2) is 0 Å². The Labute approximate surface area is 129 Å². The van der Waals surface area contributed by atoms with Crippen LogP contribution in [-0.4, -0.2) is 37.2 Å². The lowest BCUT2D eigenvalue weighted by Crippen LogP contribution is -2.40. The van der Waals surface area contributed by atoms with E-state index in [0.717, 1.165) is 39.0 Å². The molecule has 0 bridgehead atoms. The third-order valence-corrected chi connectivity index (χ3v) is 4.24. The summed E-state index contributed by atoms with van der Waals surface area (Å²) in [6, 6.07) is 10.6. The second-order valence-electron chi connectivity index (χ2n) is 6.10. The highest BCUT2D eigenvalue weighted by molar-refractivity contribution is 5.18. The third kappa shape index (κ3) is 5.77. The van der Waals surface area contributed by atoms with Crippen molar-refractivity contribution in [1.82, 2.24) is 4.90 Å². The normalized spacial score (nSPS) is 21.3.